The number of nitro benzene ring substituents is 1. The summed E-state index contributed by atoms with van der Waals surface area (Å²) >= 11 is 0. The van der Waals surface area contributed by atoms with Gasteiger partial charge in [0.15, 0.2) is 0 Å². The van der Waals surface area contributed by atoms with E-state index in [1.165, 1.54) is 24.3 Å². The van der Waals surface area contributed by atoms with Crippen LogP contribution in [0.25, 0.3) is 6.08 Å². The van der Waals surface area contributed by atoms with Gasteiger partial charge in [0.2, 0.25) is 0 Å². The van der Waals surface area contributed by atoms with Crippen LogP contribution in [0.3, 0.4) is 0 Å². The standard InChI is InChI=1S/C21H23N3O3/c1-2-3-5-10-18(15-17-8-6-4-7-9-17)16-22-23-21(25)19-11-13-20(14-12-19)24(26)27/h4,6-9,11-16H,2-3,5,10H2,1H3,(H,23,25). The summed E-state index contributed by atoms with van der Waals surface area (Å²) in [6.07, 6.45) is 7.90. The molecule has 0 saturated carbocycles. The highest BCUT2D eigenvalue weighted by molar-refractivity contribution is 5.95. The van der Waals surface area contributed by atoms with E-state index in [0.29, 0.717) is 5.56 Å². The van der Waals surface area contributed by atoms with E-state index in [0.717, 1.165) is 36.8 Å². The maximum Gasteiger partial charge on any atom is 0.271 e. The number of hydrogen-bond donors (Lipinski definition) is 1. The summed E-state index contributed by atoms with van der Waals surface area (Å²) in [5.41, 5.74) is 4.84. The molecule has 0 unspecified atom stereocenters. The van der Waals surface area contributed by atoms with Crippen molar-refractivity contribution < 1.29 is 9.72 Å². The predicted molar refractivity (Wildman–Crippen MR) is 108 cm³/mol. The van der Waals surface area contributed by atoms with Crippen LogP contribution in [0, 0.1) is 10.1 Å². The van der Waals surface area contributed by atoms with E-state index in [2.05, 4.69) is 23.5 Å². The van der Waals surface area contributed by atoms with Crippen molar-refractivity contribution in [3.63, 3.8) is 0 Å². The van der Waals surface area contributed by atoms with Crippen molar-refractivity contribution in [3.8, 4) is 0 Å². The molecule has 2 rings (SSSR count). The summed E-state index contributed by atoms with van der Waals surface area (Å²) in [6, 6.07) is 15.4. The highest BCUT2D eigenvalue weighted by Gasteiger charge is 2.08. The smallest absolute Gasteiger partial charge is 0.267 e. The number of nitrogens with zero attached hydrogens (tertiary/aromatic N) is 2. The summed E-state index contributed by atoms with van der Waals surface area (Å²) in [7, 11) is 0. The molecule has 140 valence electrons. The third kappa shape index (κ3) is 6.86. The Morgan fingerprint density at radius 1 is 1.11 bits per heavy atom. The molecule has 0 saturated heterocycles. The summed E-state index contributed by atoms with van der Waals surface area (Å²) in [5.74, 6) is -0.409. The number of rotatable bonds is 9. The van der Waals surface area contributed by atoms with Crippen LogP contribution < -0.4 is 5.43 Å². The molecule has 6 nitrogen and oxygen atoms in total. The highest BCUT2D eigenvalue weighted by Crippen LogP contribution is 2.13. The Labute approximate surface area is 158 Å². The molecular formula is C21H23N3O3. The highest BCUT2D eigenvalue weighted by atomic mass is 16.6. The van der Waals surface area contributed by atoms with E-state index < -0.39 is 10.8 Å². The summed E-state index contributed by atoms with van der Waals surface area (Å²) in [6.45, 7) is 2.15. The van der Waals surface area contributed by atoms with E-state index in [1.54, 1.807) is 6.21 Å². The van der Waals surface area contributed by atoms with Crippen LogP contribution in [0.4, 0.5) is 5.69 Å². The van der Waals surface area contributed by atoms with Crippen LogP contribution in [0.2, 0.25) is 0 Å². The number of non-ortho nitro benzene ring substituents is 1. The zero-order valence-corrected chi connectivity index (χ0v) is 15.3. The van der Waals surface area contributed by atoms with Gasteiger partial charge in [0.05, 0.1) is 11.1 Å². The Morgan fingerprint density at radius 3 is 2.44 bits per heavy atom. The van der Waals surface area contributed by atoms with Crippen LogP contribution in [-0.2, 0) is 0 Å². The first kappa shape index (κ1) is 20.0. The third-order valence-corrected chi connectivity index (χ3v) is 3.96. The molecule has 0 aromatic heterocycles. The number of unbranched alkanes of at least 4 members (excludes halogenated alkanes) is 2. The summed E-state index contributed by atoms with van der Waals surface area (Å²) in [4.78, 5) is 22.3. The molecule has 1 amide bonds. The molecule has 27 heavy (non-hydrogen) atoms. The van der Waals surface area contributed by atoms with Gasteiger partial charge in [0.25, 0.3) is 11.6 Å². The molecule has 0 atom stereocenters. The number of carbonyl (C=O) groups excluding carboxylic acids is 1. The Kier molecular flexibility index (Phi) is 7.91. The van der Waals surface area contributed by atoms with Gasteiger partial charge in [0, 0.05) is 17.7 Å². The third-order valence-electron chi connectivity index (χ3n) is 3.96. The molecule has 0 aliphatic rings. The molecular weight excluding hydrogens is 342 g/mol. The number of allylic oxidation sites excluding steroid dienone is 1. The number of nitrogens with one attached hydrogen (secondary N) is 1. The molecule has 1 N–H and O–H groups in total. The second-order valence-electron chi connectivity index (χ2n) is 6.09. The molecule has 0 fully saturated rings. The molecule has 0 heterocycles. The zero-order valence-electron chi connectivity index (χ0n) is 15.3. The lowest BCUT2D eigenvalue weighted by Gasteiger charge is -2.03. The minimum atomic E-state index is -0.503. The minimum absolute atomic E-state index is 0.0564. The molecule has 0 aliphatic carbocycles. The van der Waals surface area contributed by atoms with E-state index in [-0.39, 0.29) is 5.69 Å². The molecule has 0 radical (unpaired) electrons. The summed E-state index contributed by atoms with van der Waals surface area (Å²) < 4.78 is 0. The molecule has 0 spiro atoms. The van der Waals surface area contributed by atoms with Gasteiger partial charge >= 0.3 is 0 Å². The van der Waals surface area contributed by atoms with Gasteiger partial charge < -0.3 is 0 Å². The predicted octanol–water partition coefficient (Wildman–Crippen LogP) is 4.97. The van der Waals surface area contributed by atoms with Crippen molar-refractivity contribution in [1.29, 1.82) is 0 Å². The number of carbonyl (C=O) groups is 1. The van der Waals surface area contributed by atoms with Gasteiger partial charge in [-0.25, -0.2) is 5.43 Å². The fraction of sp³-hybridized carbons (Fsp3) is 0.238. The van der Waals surface area contributed by atoms with Crippen molar-refractivity contribution in [1.82, 2.24) is 5.43 Å². The van der Waals surface area contributed by atoms with Gasteiger partial charge in [-0.2, -0.15) is 5.10 Å². The maximum absolute atomic E-state index is 12.1. The molecule has 0 bridgehead atoms. The average molecular weight is 365 g/mol. The SMILES string of the molecule is CCCCCC(C=NNC(=O)c1ccc([N+](=O)[O-])cc1)=Cc1ccccc1. The van der Waals surface area contributed by atoms with E-state index in [1.807, 2.05) is 30.3 Å². The monoisotopic (exact) mass is 365 g/mol. The average Bonchev–Trinajstić information content (AvgIpc) is 2.68. The van der Waals surface area contributed by atoms with E-state index in [9.17, 15) is 14.9 Å². The first-order chi connectivity index (χ1) is 13.1. The quantitative estimate of drug-likeness (QED) is 0.294. The first-order valence-electron chi connectivity index (χ1n) is 8.93. The van der Waals surface area contributed by atoms with Crippen LogP contribution in [0.1, 0.15) is 48.5 Å². The van der Waals surface area contributed by atoms with Crippen molar-refractivity contribution in [2.45, 2.75) is 32.6 Å². The number of hydrazone groups is 1. The zero-order chi connectivity index (χ0) is 19.5. The van der Waals surface area contributed by atoms with Crippen molar-refractivity contribution in [3.05, 3.63) is 81.4 Å². The topological polar surface area (TPSA) is 84.6 Å². The van der Waals surface area contributed by atoms with Gasteiger partial charge in [-0.3, -0.25) is 14.9 Å². The van der Waals surface area contributed by atoms with Crippen LogP contribution in [0.5, 0.6) is 0 Å². The molecule has 2 aromatic carbocycles. The Morgan fingerprint density at radius 2 is 1.81 bits per heavy atom. The van der Waals surface area contributed by atoms with E-state index >= 15 is 0 Å². The van der Waals surface area contributed by atoms with Crippen LogP contribution >= 0.6 is 0 Å². The fourth-order valence-electron chi connectivity index (χ4n) is 2.49. The Bertz CT molecular complexity index is 812. The van der Waals surface area contributed by atoms with Crippen molar-refractivity contribution >= 4 is 23.9 Å². The first-order valence-corrected chi connectivity index (χ1v) is 8.93. The van der Waals surface area contributed by atoms with Crippen LogP contribution in [0.15, 0.2) is 65.3 Å². The lowest BCUT2D eigenvalue weighted by Crippen LogP contribution is -2.17. The van der Waals surface area contributed by atoms with Crippen molar-refractivity contribution in [2.75, 3.05) is 0 Å². The van der Waals surface area contributed by atoms with Crippen LogP contribution in [-0.4, -0.2) is 17.0 Å². The fourth-order valence-corrected chi connectivity index (χ4v) is 2.49. The minimum Gasteiger partial charge on any atom is -0.267 e. The second-order valence-corrected chi connectivity index (χ2v) is 6.09. The van der Waals surface area contributed by atoms with Gasteiger partial charge in [0.1, 0.15) is 0 Å². The largest absolute Gasteiger partial charge is 0.271 e. The van der Waals surface area contributed by atoms with Gasteiger partial charge in [-0.05, 0) is 36.1 Å². The summed E-state index contributed by atoms with van der Waals surface area (Å²) in [5, 5.41) is 14.7. The van der Waals surface area contributed by atoms with Crippen molar-refractivity contribution in [2.24, 2.45) is 5.10 Å². The molecule has 6 heteroatoms. The van der Waals surface area contributed by atoms with Gasteiger partial charge in [-0.1, -0.05) is 56.2 Å². The number of nitro groups is 1. The molecule has 0 aliphatic heterocycles. The normalized spacial score (nSPS) is 11.5. The number of benzene rings is 2. The lowest BCUT2D eigenvalue weighted by atomic mass is 10.1. The maximum atomic E-state index is 12.1. The lowest BCUT2D eigenvalue weighted by molar-refractivity contribution is -0.384. The second kappa shape index (κ2) is 10.7. The number of hydrogen-bond acceptors (Lipinski definition) is 4. The van der Waals surface area contributed by atoms with Gasteiger partial charge in [-0.15, -0.1) is 0 Å². The van der Waals surface area contributed by atoms with E-state index in [4.69, 9.17) is 0 Å². The Hall–Kier alpha value is -3.28. The molecule has 2 aromatic rings. The Balaban J connectivity index is 2.02. The number of amides is 1.